The Hall–Kier alpha value is -2.68. The molecule has 1 aromatic rings. The molecule has 4 rings (SSSR count). The van der Waals surface area contributed by atoms with E-state index >= 15 is 0 Å². The maximum atomic E-state index is 13.4. The predicted octanol–water partition coefficient (Wildman–Crippen LogP) is 0.581. The molecule has 1 amide bonds. The largest absolute Gasteiger partial charge is 0.383 e. The van der Waals surface area contributed by atoms with Gasteiger partial charge in [0.15, 0.2) is 17.7 Å². The molecule has 2 fully saturated rings. The van der Waals surface area contributed by atoms with Crippen molar-refractivity contribution in [1.29, 1.82) is 0 Å². The van der Waals surface area contributed by atoms with Crippen LogP contribution in [-0.2, 0) is 23.9 Å². The van der Waals surface area contributed by atoms with Crippen LogP contribution in [0.3, 0.4) is 0 Å². The van der Waals surface area contributed by atoms with Crippen LogP contribution in [0.25, 0.3) is 0 Å². The number of Topliss-reactive ketones (excluding diaryl/α,β-unsaturated/α-hetero) is 2. The quantitative estimate of drug-likeness (QED) is 0.547. The highest BCUT2D eigenvalue weighted by atomic mass is 16.6. The van der Waals surface area contributed by atoms with E-state index in [1.165, 1.54) is 25.1 Å². The van der Waals surface area contributed by atoms with E-state index < -0.39 is 58.1 Å². The number of hydrogen-bond acceptors (Lipinski definition) is 7. The number of nitrogens with one attached hydrogen (secondary N) is 1. The van der Waals surface area contributed by atoms with Gasteiger partial charge in [0.1, 0.15) is 5.60 Å². The summed E-state index contributed by atoms with van der Waals surface area (Å²) in [5, 5.41) is 13.6. The monoisotopic (exact) mass is 413 g/mol. The molecule has 6 atom stereocenters. The lowest BCUT2D eigenvalue weighted by atomic mass is 9.75. The van der Waals surface area contributed by atoms with Gasteiger partial charge in [-0.05, 0) is 12.5 Å². The summed E-state index contributed by atoms with van der Waals surface area (Å²) in [5.74, 6) is -4.34. The molecule has 1 aromatic carbocycles. The summed E-state index contributed by atoms with van der Waals surface area (Å²) in [6, 6.07) is 7.97. The third-order valence-electron chi connectivity index (χ3n) is 6.69. The van der Waals surface area contributed by atoms with Crippen LogP contribution in [0.4, 0.5) is 0 Å². The number of rotatable bonds is 4. The van der Waals surface area contributed by atoms with Crippen LogP contribution in [0.1, 0.15) is 30.6 Å². The zero-order valence-electron chi connectivity index (χ0n) is 16.9. The number of hydrogen-bond donors (Lipinski definition) is 2. The van der Waals surface area contributed by atoms with Crippen LogP contribution in [-0.4, -0.2) is 58.5 Å². The molecule has 3 aliphatic rings. The van der Waals surface area contributed by atoms with Crippen LogP contribution in [0.2, 0.25) is 0 Å². The van der Waals surface area contributed by atoms with Crippen molar-refractivity contribution in [2.45, 2.75) is 43.3 Å². The molecule has 0 bridgehead atoms. The first-order valence-corrected chi connectivity index (χ1v) is 9.85. The van der Waals surface area contributed by atoms with E-state index in [0.717, 1.165) is 7.11 Å². The molecule has 0 saturated carbocycles. The standard InChI is InChI=1S/C22H23NO7/c1-4-14-10-11-15(24)20(14)12(2)16(25)21(30-20)18(27)22(29-3,23-19(21)28)17(26)13-8-6-5-7-9-13/h5-12,14,18,27H,4H2,1-3H3,(H,23,28)/t12-,14+,18+,20-,21+,22-/m1/s1. The van der Waals surface area contributed by atoms with Gasteiger partial charge in [0.2, 0.25) is 17.1 Å². The highest BCUT2D eigenvalue weighted by Gasteiger charge is 2.79. The van der Waals surface area contributed by atoms with E-state index in [0.29, 0.717) is 6.42 Å². The van der Waals surface area contributed by atoms with Gasteiger partial charge in [-0.25, -0.2) is 0 Å². The van der Waals surface area contributed by atoms with Gasteiger partial charge >= 0.3 is 0 Å². The molecule has 1 aliphatic carbocycles. The summed E-state index contributed by atoms with van der Waals surface area (Å²) in [5.41, 5.74) is -6.07. The average molecular weight is 413 g/mol. The van der Waals surface area contributed by atoms with E-state index in [1.807, 2.05) is 6.92 Å². The molecule has 2 spiro atoms. The van der Waals surface area contributed by atoms with Crippen molar-refractivity contribution in [2.24, 2.45) is 11.8 Å². The summed E-state index contributed by atoms with van der Waals surface area (Å²) >= 11 is 0. The fourth-order valence-electron chi connectivity index (χ4n) is 5.01. The van der Waals surface area contributed by atoms with Gasteiger partial charge in [-0.15, -0.1) is 0 Å². The van der Waals surface area contributed by atoms with Crippen LogP contribution < -0.4 is 5.32 Å². The molecule has 2 N–H and O–H groups in total. The van der Waals surface area contributed by atoms with Crippen molar-refractivity contribution < 1.29 is 33.8 Å². The molecule has 8 nitrogen and oxygen atoms in total. The van der Waals surface area contributed by atoms with Gasteiger partial charge in [-0.2, -0.15) is 0 Å². The second-order valence-electron chi connectivity index (χ2n) is 7.95. The lowest BCUT2D eigenvalue weighted by Crippen LogP contribution is -2.61. The number of ketones is 3. The van der Waals surface area contributed by atoms with Crippen molar-refractivity contribution in [3.05, 3.63) is 48.0 Å². The first kappa shape index (κ1) is 20.6. The van der Waals surface area contributed by atoms with Crippen LogP contribution in [0.5, 0.6) is 0 Å². The molecule has 2 heterocycles. The van der Waals surface area contributed by atoms with Crippen molar-refractivity contribution in [3.8, 4) is 0 Å². The van der Waals surface area contributed by atoms with E-state index in [2.05, 4.69) is 5.32 Å². The second-order valence-corrected chi connectivity index (χ2v) is 7.95. The van der Waals surface area contributed by atoms with E-state index in [9.17, 15) is 24.3 Å². The Balaban J connectivity index is 1.82. The van der Waals surface area contributed by atoms with Gasteiger partial charge in [0, 0.05) is 18.6 Å². The Labute approximate surface area is 173 Å². The van der Waals surface area contributed by atoms with Gasteiger partial charge < -0.3 is 19.9 Å². The lowest BCUT2D eigenvalue weighted by molar-refractivity contribution is -0.189. The summed E-state index contributed by atoms with van der Waals surface area (Å²) in [7, 11) is 1.15. The summed E-state index contributed by atoms with van der Waals surface area (Å²) in [4.78, 5) is 52.5. The third-order valence-corrected chi connectivity index (χ3v) is 6.69. The number of methoxy groups -OCH3 is 1. The van der Waals surface area contributed by atoms with E-state index in [1.54, 1.807) is 24.3 Å². The van der Waals surface area contributed by atoms with Gasteiger partial charge in [0.05, 0.1) is 5.92 Å². The molecule has 158 valence electrons. The summed E-state index contributed by atoms with van der Waals surface area (Å²) < 4.78 is 11.3. The molecule has 0 radical (unpaired) electrons. The Morgan fingerprint density at radius 2 is 1.90 bits per heavy atom. The highest BCUT2D eigenvalue weighted by molar-refractivity contribution is 6.21. The minimum Gasteiger partial charge on any atom is -0.383 e. The van der Waals surface area contributed by atoms with Crippen molar-refractivity contribution in [2.75, 3.05) is 7.11 Å². The molecular formula is C22H23NO7. The first-order valence-electron chi connectivity index (χ1n) is 9.85. The minimum absolute atomic E-state index is 0.175. The lowest BCUT2D eigenvalue weighted by Gasteiger charge is -2.35. The summed E-state index contributed by atoms with van der Waals surface area (Å²) in [6.07, 6.45) is 1.50. The molecule has 2 aliphatic heterocycles. The number of carbonyl (C=O) groups excluding carboxylic acids is 4. The zero-order valence-corrected chi connectivity index (χ0v) is 16.9. The van der Waals surface area contributed by atoms with Gasteiger partial charge in [-0.3, -0.25) is 19.2 Å². The maximum absolute atomic E-state index is 13.4. The Kier molecular flexibility index (Phi) is 4.57. The van der Waals surface area contributed by atoms with Gasteiger partial charge in [-0.1, -0.05) is 50.3 Å². The molecule has 0 aromatic heterocycles. The Bertz CT molecular complexity index is 973. The van der Waals surface area contributed by atoms with Crippen molar-refractivity contribution in [1.82, 2.24) is 5.32 Å². The fraction of sp³-hybridized carbons (Fsp3) is 0.455. The molecule has 2 saturated heterocycles. The van der Waals surface area contributed by atoms with Crippen LogP contribution >= 0.6 is 0 Å². The number of ether oxygens (including phenoxy) is 2. The van der Waals surface area contributed by atoms with E-state index in [-0.39, 0.29) is 5.56 Å². The molecule has 0 unspecified atom stereocenters. The van der Waals surface area contributed by atoms with Crippen LogP contribution in [0.15, 0.2) is 42.5 Å². The van der Waals surface area contributed by atoms with Gasteiger partial charge in [0.25, 0.3) is 5.91 Å². The zero-order chi connectivity index (χ0) is 21.9. The molecular weight excluding hydrogens is 390 g/mol. The van der Waals surface area contributed by atoms with Crippen molar-refractivity contribution in [3.63, 3.8) is 0 Å². The summed E-state index contributed by atoms with van der Waals surface area (Å²) in [6.45, 7) is 3.35. The number of carbonyl (C=O) groups is 4. The number of aliphatic hydroxyl groups is 1. The minimum atomic E-state index is -2.42. The smallest absolute Gasteiger partial charge is 0.265 e. The Morgan fingerprint density at radius 1 is 1.23 bits per heavy atom. The highest BCUT2D eigenvalue weighted by Crippen LogP contribution is 2.53. The predicted molar refractivity (Wildman–Crippen MR) is 103 cm³/mol. The van der Waals surface area contributed by atoms with E-state index in [4.69, 9.17) is 9.47 Å². The molecule has 8 heteroatoms. The van der Waals surface area contributed by atoms with Crippen LogP contribution in [0, 0.1) is 11.8 Å². The first-order chi connectivity index (χ1) is 14.2. The second kappa shape index (κ2) is 6.66. The Morgan fingerprint density at radius 3 is 2.50 bits per heavy atom. The number of amides is 1. The average Bonchev–Trinajstić information content (AvgIpc) is 3.29. The third kappa shape index (κ3) is 2.21. The number of benzene rings is 1. The maximum Gasteiger partial charge on any atom is 0.265 e. The molecule has 30 heavy (non-hydrogen) atoms. The fourth-order valence-corrected chi connectivity index (χ4v) is 5.01. The number of aliphatic hydroxyl groups excluding tert-OH is 1. The topological polar surface area (TPSA) is 119 Å². The SMILES string of the molecule is CC[C@H]1C=CC(=O)[C@]12O[C@@]1(C(=O)N[C@@](OC)(C(=O)c3ccccc3)[C@H]1O)C(=O)[C@H]2C. The van der Waals surface area contributed by atoms with Crippen molar-refractivity contribution >= 4 is 23.3 Å². The normalized spacial score (nSPS) is 40.0.